The molecule has 1 aliphatic rings. The average Bonchev–Trinajstić information content (AvgIpc) is 3.42. The van der Waals surface area contributed by atoms with E-state index < -0.39 is 12.1 Å². The van der Waals surface area contributed by atoms with Crippen LogP contribution in [0.1, 0.15) is 22.4 Å². The van der Waals surface area contributed by atoms with Gasteiger partial charge in [0.15, 0.2) is 0 Å². The molecule has 1 unspecified atom stereocenters. The fraction of sp³-hybridized carbons (Fsp3) is 0.194. The zero-order chi connectivity index (χ0) is 31.2. The summed E-state index contributed by atoms with van der Waals surface area (Å²) in [5, 5.41) is 6.81. The summed E-state index contributed by atoms with van der Waals surface area (Å²) in [6, 6.07) is 32.4. The Morgan fingerprint density at radius 3 is 2.47 bits per heavy atom. The molecule has 2 heterocycles. The first-order chi connectivity index (χ1) is 22.0. The number of hydrogen-bond acceptors (Lipinski definition) is 5. The Morgan fingerprint density at radius 2 is 1.67 bits per heavy atom. The van der Waals surface area contributed by atoms with Crippen LogP contribution in [0, 0.1) is 5.82 Å². The van der Waals surface area contributed by atoms with Crippen molar-refractivity contribution in [3.8, 4) is 0 Å². The van der Waals surface area contributed by atoms with Gasteiger partial charge in [-0.15, -0.1) is 0 Å². The second kappa shape index (κ2) is 13.5. The van der Waals surface area contributed by atoms with Gasteiger partial charge in [-0.1, -0.05) is 78.9 Å². The van der Waals surface area contributed by atoms with Crippen LogP contribution in [-0.4, -0.2) is 54.9 Å². The van der Waals surface area contributed by atoms with Crippen LogP contribution >= 0.6 is 0 Å². The Kier molecular flexibility index (Phi) is 8.86. The number of amides is 2. The molecule has 1 aliphatic heterocycles. The van der Waals surface area contributed by atoms with Gasteiger partial charge in [-0.05, 0) is 41.3 Å². The number of fused-ring (bicyclic) bond motifs is 2. The molecule has 0 saturated heterocycles. The molecule has 0 spiro atoms. The molecule has 0 radical (unpaired) electrons. The van der Waals surface area contributed by atoms with Gasteiger partial charge >= 0.3 is 6.09 Å². The maximum atomic E-state index is 14.8. The molecule has 5 aromatic rings. The van der Waals surface area contributed by atoms with Gasteiger partial charge in [-0.3, -0.25) is 9.79 Å². The molecular weight excluding hydrogens is 569 g/mol. The first kappa shape index (κ1) is 29.6. The predicted octanol–water partition coefficient (Wildman–Crippen LogP) is 5.62. The SMILES string of the molecule is CN1c2ccccc2C(c2ccccc2F)=NCC1CNC(=O)[C@H](Cc1cc2ccccc2[nH]1)NC(=O)OCc1ccccc1. The van der Waals surface area contributed by atoms with Crippen molar-refractivity contribution in [2.45, 2.75) is 25.1 Å². The number of halogens is 1. The number of likely N-dealkylation sites (N-methyl/N-ethyl adjacent to an activating group) is 1. The minimum Gasteiger partial charge on any atom is -0.445 e. The van der Waals surface area contributed by atoms with Crippen LogP contribution in [0.2, 0.25) is 0 Å². The molecule has 2 atom stereocenters. The number of anilines is 1. The maximum Gasteiger partial charge on any atom is 0.408 e. The highest BCUT2D eigenvalue weighted by molar-refractivity contribution is 6.16. The van der Waals surface area contributed by atoms with Gasteiger partial charge in [-0.2, -0.15) is 0 Å². The molecule has 8 nitrogen and oxygen atoms in total. The van der Waals surface area contributed by atoms with Crippen molar-refractivity contribution < 1.29 is 18.7 Å². The third kappa shape index (κ3) is 6.88. The van der Waals surface area contributed by atoms with Gasteiger partial charge in [0.25, 0.3) is 0 Å². The second-order valence-electron chi connectivity index (χ2n) is 11.0. The van der Waals surface area contributed by atoms with E-state index in [0.29, 0.717) is 17.8 Å². The minimum atomic E-state index is -0.901. The Bertz CT molecular complexity index is 1800. The first-order valence-electron chi connectivity index (χ1n) is 14.9. The standard InChI is InChI=1S/C36H34FN5O3/c1-42-27(21-38-34(28-14-6-8-16-30(28)37)29-15-7-10-18-33(29)42)22-39-35(43)32(20-26-19-25-13-5-9-17-31(25)40-26)41-36(44)45-23-24-11-3-2-4-12-24/h2-19,27,32,40H,20-23H2,1H3,(H,39,43)(H,41,44)/t27?,32-/m0/s1. The molecule has 0 aliphatic carbocycles. The van der Waals surface area contributed by atoms with Crippen molar-refractivity contribution in [3.05, 3.63) is 137 Å². The lowest BCUT2D eigenvalue weighted by Crippen LogP contribution is -2.51. The zero-order valence-corrected chi connectivity index (χ0v) is 24.9. The highest BCUT2D eigenvalue weighted by Gasteiger charge is 2.28. The van der Waals surface area contributed by atoms with E-state index in [1.54, 1.807) is 18.2 Å². The predicted molar refractivity (Wildman–Crippen MR) is 174 cm³/mol. The number of nitrogens with one attached hydrogen (secondary N) is 3. The number of carbonyl (C=O) groups excluding carboxylic acids is 2. The third-order valence-corrected chi connectivity index (χ3v) is 8.02. The summed E-state index contributed by atoms with van der Waals surface area (Å²) >= 11 is 0. The number of benzodiazepines with no additional fused rings is 1. The van der Waals surface area contributed by atoms with Crippen molar-refractivity contribution in [2.24, 2.45) is 4.99 Å². The van der Waals surface area contributed by atoms with Crippen molar-refractivity contribution in [2.75, 3.05) is 25.0 Å². The summed E-state index contributed by atoms with van der Waals surface area (Å²) in [4.78, 5) is 36.8. The van der Waals surface area contributed by atoms with Crippen LogP contribution in [0.15, 0.2) is 114 Å². The lowest BCUT2D eigenvalue weighted by molar-refractivity contribution is -0.123. The molecule has 6 rings (SSSR count). The third-order valence-electron chi connectivity index (χ3n) is 8.02. The number of para-hydroxylation sites is 2. The Hall–Kier alpha value is -5.44. The van der Waals surface area contributed by atoms with Crippen molar-refractivity contribution in [1.29, 1.82) is 0 Å². The maximum absolute atomic E-state index is 14.8. The largest absolute Gasteiger partial charge is 0.445 e. The number of aromatic amines is 1. The van der Waals surface area contributed by atoms with Crippen LogP contribution < -0.4 is 15.5 Å². The van der Waals surface area contributed by atoms with E-state index >= 15 is 0 Å². The lowest BCUT2D eigenvalue weighted by atomic mass is 10.00. The van der Waals surface area contributed by atoms with Crippen molar-refractivity contribution in [3.63, 3.8) is 0 Å². The van der Waals surface area contributed by atoms with E-state index in [1.807, 2.05) is 92.0 Å². The van der Waals surface area contributed by atoms with Gasteiger partial charge in [0.2, 0.25) is 5.91 Å². The van der Waals surface area contributed by atoms with Crippen LogP contribution in [0.4, 0.5) is 14.9 Å². The minimum absolute atomic E-state index is 0.0853. The molecular formula is C36H34FN5O3. The topological polar surface area (TPSA) is 98.8 Å². The smallest absolute Gasteiger partial charge is 0.408 e. The lowest BCUT2D eigenvalue weighted by Gasteiger charge is -2.29. The highest BCUT2D eigenvalue weighted by atomic mass is 19.1. The van der Waals surface area contributed by atoms with Gasteiger partial charge in [0.05, 0.1) is 18.3 Å². The quantitative estimate of drug-likeness (QED) is 0.204. The number of carbonyl (C=O) groups is 2. The number of nitrogens with zero attached hydrogens (tertiary/aromatic N) is 2. The molecule has 228 valence electrons. The van der Waals surface area contributed by atoms with Crippen LogP contribution in [-0.2, 0) is 22.6 Å². The van der Waals surface area contributed by atoms with Crippen molar-refractivity contribution >= 4 is 34.3 Å². The van der Waals surface area contributed by atoms with E-state index in [2.05, 4.69) is 20.5 Å². The molecule has 0 saturated carbocycles. The first-order valence-corrected chi connectivity index (χ1v) is 14.9. The summed E-state index contributed by atoms with van der Waals surface area (Å²) in [6.45, 7) is 0.665. The van der Waals surface area contributed by atoms with E-state index in [4.69, 9.17) is 9.73 Å². The summed E-state index contributed by atoms with van der Waals surface area (Å²) in [7, 11) is 1.94. The van der Waals surface area contributed by atoms with E-state index in [9.17, 15) is 14.0 Å². The Labute approximate surface area is 260 Å². The summed E-state index contributed by atoms with van der Waals surface area (Å²) < 4.78 is 20.3. The molecule has 0 bridgehead atoms. The fourth-order valence-corrected chi connectivity index (χ4v) is 5.59. The van der Waals surface area contributed by atoms with Gasteiger partial charge in [0.1, 0.15) is 18.5 Å². The molecule has 0 fully saturated rings. The number of alkyl carbamates (subject to hydrolysis) is 1. The molecule has 45 heavy (non-hydrogen) atoms. The molecule has 9 heteroatoms. The highest BCUT2D eigenvalue weighted by Crippen LogP contribution is 2.28. The van der Waals surface area contributed by atoms with E-state index in [-0.39, 0.29) is 37.3 Å². The number of ether oxygens (including phenoxy) is 1. The number of aliphatic imine (C=N–C) groups is 1. The van der Waals surface area contributed by atoms with Gasteiger partial charge in [0, 0.05) is 48.0 Å². The second-order valence-corrected chi connectivity index (χ2v) is 11.0. The van der Waals surface area contributed by atoms with Gasteiger partial charge in [-0.25, -0.2) is 9.18 Å². The van der Waals surface area contributed by atoms with E-state index in [1.165, 1.54) is 6.07 Å². The van der Waals surface area contributed by atoms with E-state index in [0.717, 1.165) is 33.4 Å². The number of rotatable bonds is 9. The summed E-state index contributed by atoms with van der Waals surface area (Å²) in [5.74, 6) is -0.694. The van der Waals surface area contributed by atoms with Crippen molar-refractivity contribution in [1.82, 2.24) is 15.6 Å². The molecule has 3 N–H and O–H groups in total. The fourth-order valence-electron chi connectivity index (χ4n) is 5.59. The zero-order valence-electron chi connectivity index (χ0n) is 24.9. The average molecular weight is 604 g/mol. The molecule has 2 amide bonds. The number of H-pyrrole nitrogens is 1. The molecule has 4 aromatic carbocycles. The normalized spacial score (nSPS) is 15.0. The number of aromatic nitrogens is 1. The van der Waals surface area contributed by atoms with Crippen LogP contribution in [0.5, 0.6) is 0 Å². The number of benzene rings is 4. The number of hydrogen-bond donors (Lipinski definition) is 3. The Balaban J connectivity index is 1.19. The van der Waals surface area contributed by atoms with Crippen LogP contribution in [0.25, 0.3) is 10.9 Å². The molecule has 1 aromatic heterocycles. The summed E-state index contributed by atoms with van der Waals surface area (Å²) in [5.41, 5.74) is 5.30. The summed E-state index contributed by atoms with van der Waals surface area (Å²) in [6.07, 6.45) is -0.449. The van der Waals surface area contributed by atoms with Gasteiger partial charge < -0.3 is 25.3 Å². The van der Waals surface area contributed by atoms with Crippen LogP contribution in [0.3, 0.4) is 0 Å². The monoisotopic (exact) mass is 603 g/mol. The Morgan fingerprint density at radius 1 is 0.956 bits per heavy atom.